The summed E-state index contributed by atoms with van der Waals surface area (Å²) in [6.07, 6.45) is 0. The fourth-order valence-electron chi connectivity index (χ4n) is 1.12. The van der Waals surface area contributed by atoms with Gasteiger partial charge < -0.3 is 5.11 Å². The Hall–Kier alpha value is -1.00. The van der Waals surface area contributed by atoms with Crippen LogP contribution in [-0.2, 0) is 4.79 Å². The Morgan fingerprint density at radius 1 is 1.38 bits per heavy atom. The summed E-state index contributed by atoms with van der Waals surface area (Å²) in [7, 11) is 0. The Kier molecular flexibility index (Phi) is 4.38. The largest absolute Gasteiger partial charge is 0.475 e. The first-order chi connectivity index (χ1) is 7.41. The molecule has 5 heteroatoms. The number of hydrogen-bond donors (Lipinski definition) is 1. The van der Waals surface area contributed by atoms with Gasteiger partial charge in [-0.3, -0.25) is 4.79 Å². The van der Waals surface area contributed by atoms with Gasteiger partial charge in [0.05, 0.1) is 5.02 Å². The number of carbonyl (C=O) groups excluding carboxylic acids is 1. The second-order valence-electron chi connectivity index (χ2n) is 3.45. The molecule has 0 unspecified atom stereocenters. The molecular formula is C11H11ClO3S. The Balaban J connectivity index is 2.99. The van der Waals surface area contributed by atoms with Gasteiger partial charge in [0.2, 0.25) is 0 Å². The number of rotatable bonds is 4. The normalized spacial score (nSPS) is 10.5. The molecule has 0 saturated carbocycles. The van der Waals surface area contributed by atoms with Gasteiger partial charge in [-0.05, 0) is 18.2 Å². The monoisotopic (exact) mass is 258 g/mol. The molecule has 1 aromatic rings. The van der Waals surface area contributed by atoms with E-state index in [9.17, 15) is 9.59 Å². The first-order valence-corrected chi connectivity index (χ1v) is 5.91. The van der Waals surface area contributed by atoms with Crippen molar-refractivity contribution in [3.8, 4) is 0 Å². The molecule has 16 heavy (non-hydrogen) atoms. The van der Waals surface area contributed by atoms with Crippen molar-refractivity contribution in [3.63, 3.8) is 0 Å². The zero-order valence-corrected chi connectivity index (χ0v) is 10.4. The molecular weight excluding hydrogens is 248 g/mol. The first-order valence-electron chi connectivity index (χ1n) is 4.65. The second kappa shape index (κ2) is 5.37. The van der Waals surface area contributed by atoms with Crippen molar-refractivity contribution in [2.75, 3.05) is 0 Å². The number of halogens is 1. The smallest absolute Gasteiger partial charge is 0.377 e. The topological polar surface area (TPSA) is 54.4 Å². The van der Waals surface area contributed by atoms with Crippen LogP contribution in [0.15, 0.2) is 23.1 Å². The third-order valence-corrected chi connectivity index (χ3v) is 3.26. The Bertz CT molecular complexity index is 429. The van der Waals surface area contributed by atoms with E-state index in [2.05, 4.69) is 0 Å². The molecule has 0 aromatic heterocycles. The van der Waals surface area contributed by atoms with Crippen molar-refractivity contribution in [1.29, 1.82) is 0 Å². The summed E-state index contributed by atoms with van der Waals surface area (Å²) >= 11 is 7.52. The molecule has 0 aliphatic rings. The van der Waals surface area contributed by atoms with Crippen LogP contribution in [0.1, 0.15) is 24.2 Å². The van der Waals surface area contributed by atoms with E-state index in [1.54, 1.807) is 17.8 Å². The van der Waals surface area contributed by atoms with Gasteiger partial charge in [-0.2, -0.15) is 0 Å². The highest BCUT2D eigenvalue weighted by Crippen LogP contribution is 2.30. The number of thioether (sulfide) groups is 1. The predicted molar refractivity (Wildman–Crippen MR) is 64.4 cm³/mol. The molecule has 0 saturated heterocycles. The van der Waals surface area contributed by atoms with Crippen LogP contribution >= 0.6 is 23.4 Å². The molecule has 0 heterocycles. The third-order valence-electron chi connectivity index (χ3n) is 1.75. The molecule has 0 radical (unpaired) electrons. The minimum atomic E-state index is -1.47. The highest BCUT2D eigenvalue weighted by atomic mass is 35.5. The van der Waals surface area contributed by atoms with Crippen LogP contribution in [0.25, 0.3) is 0 Å². The van der Waals surface area contributed by atoms with E-state index in [1.807, 2.05) is 13.8 Å². The molecule has 0 bridgehead atoms. The van der Waals surface area contributed by atoms with Crippen molar-refractivity contribution >= 4 is 35.1 Å². The minimum Gasteiger partial charge on any atom is -0.475 e. The average Bonchev–Trinajstić information content (AvgIpc) is 2.19. The molecule has 1 N–H and O–H groups in total. The SMILES string of the molecule is CC(C)Sc1ccc(C(=O)C(=O)O)cc1Cl. The van der Waals surface area contributed by atoms with E-state index < -0.39 is 11.8 Å². The maximum absolute atomic E-state index is 11.2. The van der Waals surface area contributed by atoms with Crippen molar-refractivity contribution in [2.24, 2.45) is 0 Å². The minimum absolute atomic E-state index is 0.102. The Morgan fingerprint density at radius 2 is 2.00 bits per heavy atom. The maximum Gasteiger partial charge on any atom is 0.377 e. The lowest BCUT2D eigenvalue weighted by Crippen LogP contribution is -2.12. The van der Waals surface area contributed by atoms with Gasteiger partial charge in [-0.15, -0.1) is 11.8 Å². The zero-order valence-electron chi connectivity index (χ0n) is 8.86. The molecule has 0 atom stereocenters. The van der Waals surface area contributed by atoms with Crippen molar-refractivity contribution in [2.45, 2.75) is 24.0 Å². The standard InChI is InChI=1S/C11H11ClO3S/c1-6(2)16-9-4-3-7(5-8(9)12)10(13)11(14)15/h3-6H,1-2H3,(H,14,15). The number of benzene rings is 1. The Morgan fingerprint density at radius 3 is 2.44 bits per heavy atom. The van der Waals surface area contributed by atoms with Gasteiger partial charge in [0.1, 0.15) is 0 Å². The van der Waals surface area contributed by atoms with E-state index in [0.717, 1.165) is 4.90 Å². The number of carbonyl (C=O) groups is 2. The summed E-state index contributed by atoms with van der Waals surface area (Å²) in [6, 6.07) is 4.54. The number of carboxylic acid groups (broad SMARTS) is 1. The molecule has 1 rings (SSSR count). The van der Waals surface area contributed by atoms with Crippen molar-refractivity contribution < 1.29 is 14.7 Å². The maximum atomic E-state index is 11.2. The first kappa shape index (κ1) is 13.1. The molecule has 0 aliphatic heterocycles. The van der Waals surface area contributed by atoms with E-state index in [4.69, 9.17) is 16.7 Å². The van der Waals surface area contributed by atoms with Gasteiger partial charge in [0.15, 0.2) is 0 Å². The average molecular weight is 259 g/mol. The fraction of sp³-hybridized carbons (Fsp3) is 0.273. The number of aliphatic carboxylic acids is 1. The summed E-state index contributed by atoms with van der Waals surface area (Å²) in [6.45, 7) is 4.05. The van der Waals surface area contributed by atoms with E-state index >= 15 is 0 Å². The van der Waals surface area contributed by atoms with Gasteiger partial charge in [0.25, 0.3) is 5.78 Å². The molecule has 86 valence electrons. The van der Waals surface area contributed by atoms with E-state index in [0.29, 0.717) is 10.3 Å². The van der Waals surface area contributed by atoms with Crippen LogP contribution in [0.2, 0.25) is 5.02 Å². The summed E-state index contributed by atoms with van der Waals surface area (Å²) in [5, 5.41) is 9.33. The predicted octanol–water partition coefficient (Wildman–Crippen LogP) is 3.11. The molecule has 1 aromatic carbocycles. The zero-order chi connectivity index (χ0) is 12.3. The van der Waals surface area contributed by atoms with Crippen molar-refractivity contribution in [1.82, 2.24) is 0 Å². The van der Waals surface area contributed by atoms with Crippen LogP contribution in [0.5, 0.6) is 0 Å². The lowest BCUT2D eigenvalue weighted by Gasteiger charge is -2.07. The molecule has 0 spiro atoms. The van der Waals surface area contributed by atoms with Gasteiger partial charge in [-0.25, -0.2) is 4.79 Å². The van der Waals surface area contributed by atoms with Crippen LogP contribution in [0.3, 0.4) is 0 Å². The third kappa shape index (κ3) is 3.25. The van der Waals surface area contributed by atoms with Crippen LogP contribution in [0.4, 0.5) is 0 Å². The van der Waals surface area contributed by atoms with Crippen LogP contribution < -0.4 is 0 Å². The summed E-state index contributed by atoms with van der Waals surface area (Å²) in [5.41, 5.74) is 0.102. The summed E-state index contributed by atoms with van der Waals surface area (Å²) in [4.78, 5) is 22.5. The molecule has 0 fully saturated rings. The Labute approximate surface area is 103 Å². The molecule has 3 nitrogen and oxygen atoms in total. The number of hydrogen-bond acceptors (Lipinski definition) is 3. The summed E-state index contributed by atoms with van der Waals surface area (Å²) < 4.78 is 0. The fourth-order valence-corrected chi connectivity index (χ4v) is 2.26. The van der Waals surface area contributed by atoms with Gasteiger partial charge in [0, 0.05) is 15.7 Å². The van der Waals surface area contributed by atoms with Gasteiger partial charge >= 0.3 is 5.97 Å². The van der Waals surface area contributed by atoms with Crippen LogP contribution in [0, 0.1) is 0 Å². The number of Topliss-reactive ketones (excluding diaryl/α,β-unsaturated/α-hetero) is 1. The van der Waals surface area contributed by atoms with Crippen molar-refractivity contribution in [3.05, 3.63) is 28.8 Å². The van der Waals surface area contributed by atoms with E-state index in [-0.39, 0.29) is 5.56 Å². The van der Waals surface area contributed by atoms with Crippen LogP contribution in [-0.4, -0.2) is 22.1 Å². The quantitative estimate of drug-likeness (QED) is 0.512. The number of ketones is 1. The number of carboxylic acids is 1. The summed E-state index contributed by atoms with van der Waals surface area (Å²) in [5.74, 6) is -2.41. The van der Waals surface area contributed by atoms with Gasteiger partial charge in [-0.1, -0.05) is 25.4 Å². The highest BCUT2D eigenvalue weighted by molar-refractivity contribution is 8.00. The molecule has 0 amide bonds. The lowest BCUT2D eigenvalue weighted by atomic mass is 10.1. The highest BCUT2D eigenvalue weighted by Gasteiger charge is 2.16. The molecule has 0 aliphatic carbocycles. The lowest BCUT2D eigenvalue weighted by molar-refractivity contribution is -0.131. The van der Waals surface area contributed by atoms with E-state index in [1.165, 1.54) is 12.1 Å². The second-order valence-corrected chi connectivity index (χ2v) is 5.47.